The summed E-state index contributed by atoms with van der Waals surface area (Å²) in [6, 6.07) is 0. The van der Waals surface area contributed by atoms with Crippen LogP contribution in [-0.4, -0.2) is 11.2 Å². The molecule has 1 heteroatoms. The van der Waals surface area contributed by atoms with Gasteiger partial charge in [0.25, 0.3) is 0 Å². The van der Waals surface area contributed by atoms with E-state index in [-0.39, 0.29) is 6.10 Å². The molecule has 0 saturated heterocycles. The first kappa shape index (κ1) is 23.3. The SMILES string of the molecule is CC/C=C(\CCC(C)C1CCC2C3=CC=C4CC(O)CCC4(C)C3CCC21C)C(C)C. The summed E-state index contributed by atoms with van der Waals surface area (Å²) in [5.74, 6) is 3.91. The van der Waals surface area contributed by atoms with E-state index in [1.165, 1.54) is 56.9 Å². The first-order valence-corrected chi connectivity index (χ1v) is 13.5. The molecule has 0 spiro atoms. The lowest BCUT2D eigenvalue weighted by Crippen LogP contribution is -2.46. The molecule has 7 atom stereocenters. The van der Waals surface area contributed by atoms with E-state index in [0.717, 1.165) is 36.5 Å². The summed E-state index contributed by atoms with van der Waals surface area (Å²) in [6.07, 6.45) is 19.8. The standard InChI is InChI=1S/C30H48O/c1-7-8-22(20(2)3)10-9-21(4)26-13-14-27-25-12-11-23-19-24(31)15-17-29(23,5)28(25)16-18-30(26,27)6/h8,11-12,20-21,24,26-28,31H,7,9-10,13-19H2,1-6H3/b22-8+. The third-order valence-corrected chi connectivity index (χ3v) is 10.4. The average Bonchev–Trinajstić information content (AvgIpc) is 3.08. The molecule has 4 aliphatic rings. The van der Waals surface area contributed by atoms with E-state index in [9.17, 15) is 5.11 Å². The van der Waals surface area contributed by atoms with Crippen LogP contribution in [0.15, 0.2) is 34.9 Å². The lowest BCUT2D eigenvalue weighted by atomic mass is 9.50. The molecule has 0 aromatic heterocycles. The minimum Gasteiger partial charge on any atom is -0.393 e. The number of allylic oxidation sites excluding steroid dienone is 5. The average molecular weight is 425 g/mol. The monoisotopic (exact) mass is 424 g/mol. The Labute approximate surface area is 192 Å². The van der Waals surface area contributed by atoms with Gasteiger partial charge in [0.1, 0.15) is 0 Å². The number of fused-ring (bicyclic) bond motifs is 5. The third kappa shape index (κ3) is 4.03. The highest BCUT2D eigenvalue weighted by Gasteiger charge is 2.56. The summed E-state index contributed by atoms with van der Waals surface area (Å²) in [5, 5.41) is 10.2. The van der Waals surface area contributed by atoms with Crippen molar-refractivity contribution in [2.24, 2.45) is 40.4 Å². The zero-order valence-corrected chi connectivity index (χ0v) is 21.2. The molecule has 3 fully saturated rings. The van der Waals surface area contributed by atoms with Gasteiger partial charge in [-0.15, -0.1) is 0 Å². The fourth-order valence-corrected chi connectivity index (χ4v) is 8.44. The highest BCUT2D eigenvalue weighted by molar-refractivity contribution is 5.38. The van der Waals surface area contributed by atoms with Gasteiger partial charge in [-0.05, 0) is 105 Å². The van der Waals surface area contributed by atoms with E-state index >= 15 is 0 Å². The van der Waals surface area contributed by atoms with Crippen LogP contribution in [0.1, 0.15) is 106 Å². The van der Waals surface area contributed by atoms with Crippen LogP contribution in [0.3, 0.4) is 0 Å². The molecule has 0 bridgehead atoms. The number of hydrogen-bond donors (Lipinski definition) is 1. The van der Waals surface area contributed by atoms with Crippen LogP contribution in [0.4, 0.5) is 0 Å². The lowest BCUT2D eigenvalue weighted by molar-refractivity contribution is 0.0326. The van der Waals surface area contributed by atoms with Crippen LogP contribution in [-0.2, 0) is 0 Å². The number of aliphatic hydroxyl groups is 1. The van der Waals surface area contributed by atoms with Gasteiger partial charge < -0.3 is 5.11 Å². The molecule has 174 valence electrons. The molecule has 4 aliphatic carbocycles. The van der Waals surface area contributed by atoms with E-state index in [1.54, 1.807) is 11.1 Å². The third-order valence-electron chi connectivity index (χ3n) is 10.4. The predicted octanol–water partition coefficient (Wildman–Crippen LogP) is 8.26. The minimum absolute atomic E-state index is 0.114. The van der Waals surface area contributed by atoms with Gasteiger partial charge in [0.15, 0.2) is 0 Å². The Hall–Kier alpha value is -0.820. The maximum Gasteiger partial charge on any atom is 0.0578 e. The van der Waals surface area contributed by atoms with Crippen molar-refractivity contribution < 1.29 is 5.11 Å². The van der Waals surface area contributed by atoms with Crippen molar-refractivity contribution in [3.05, 3.63) is 34.9 Å². The van der Waals surface area contributed by atoms with Gasteiger partial charge in [-0.3, -0.25) is 0 Å². The molecule has 31 heavy (non-hydrogen) atoms. The molecular formula is C30H48O. The number of rotatable bonds is 6. The van der Waals surface area contributed by atoms with Crippen molar-refractivity contribution in [2.75, 3.05) is 0 Å². The first-order chi connectivity index (χ1) is 14.7. The van der Waals surface area contributed by atoms with Crippen LogP contribution in [0.2, 0.25) is 0 Å². The summed E-state index contributed by atoms with van der Waals surface area (Å²) in [4.78, 5) is 0. The Bertz CT molecular complexity index is 754. The summed E-state index contributed by atoms with van der Waals surface area (Å²) >= 11 is 0. The first-order valence-electron chi connectivity index (χ1n) is 13.5. The van der Waals surface area contributed by atoms with Gasteiger partial charge in [0.2, 0.25) is 0 Å². The van der Waals surface area contributed by atoms with E-state index in [2.05, 4.69) is 59.8 Å². The molecule has 0 aromatic rings. The quantitative estimate of drug-likeness (QED) is 0.425. The molecule has 1 N–H and O–H groups in total. The smallest absolute Gasteiger partial charge is 0.0578 e. The maximum atomic E-state index is 10.2. The van der Waals surface area contributed by atoms with Crippen molar-refractivity contribution in [1.82, 2.24) is 0 Å². The largest absolute Gasteiger partial charge is 0.393 e. The van der Waals surface area contributed by atoms with Gasteiger partial charge in [-0.25, -0.2) is 0 Å². The zero-order valence-electron chi connectivity index (χ0n) is 21.2. The number of hydrogen-bond acceptors (Lipinski definition) is 1. The van der Waals surface area contributed by atoms with Crippen LogP contribution in [0.5, 0.6) is 0 Å². The van der Waals surface area contributed by atoms with Crippen molar-refractivity contribution in [2.45, 2.75) is 112 Å². The van der Waals surface area contributed by atoms with Crippen LogP contribution in [0.25, 0.3) is 0 Å². The van der Waals surface area contributed by atoms with Gasteiger partial charge in [-0.1, -0.05) is 76.5 Å². The summed E-state index contributed by atoms with van der Waals surface area (Å²) < 4.78 is 0. The second kappa shape index (κ2) is 8.85. The molecule has 0 heterocycles. The Kier molecular flexibility index (Phi) is 6.66. The topological polar surface area (TPSA) is 20.2 Å². The van der Waals surface area contributed by atoms with E-state index in [0.29, 0.717) is 16.7 Å². The molecule has 1 nitrogen and oxygen atoms in total. The molecule has 3 saturated carbocycles. The second-order valence-electron chi connectivity index (χ2n) is 12.4. The highest BCUT2D eigenvalue weighted by Crippen LogP contribution is 2.66. The van der Waals surface area contributed by atoms with Gasteiger partial charge in [0, 0.05) is 0 Å². The molecule has 4 rings (SSSR count). The minimum atomic E-state index is -0.114. The van der Waals surface area contributed by atoms with Crippen molar-refractivity contribution in [1.29, 1.82) is 0 Å². The van der Waals surface area contributed by atoms with Gasteiger partial charge in [-0.2, -0.15) is 0 Å². The molecular weight excluding hydrogens is 376 g/mol. The molecule has 0 aromatic carbocycles. The Morgan fingerprint density at radius 1 is 1.06 bits per heavy atom. The van der Waals surface area contributed by atoms with E-state index in [4.69, 9.17) is 0 Å². The molecule has 7 unspecified atom stereocenters. The molecule has 0 amide bonds. The zero-order chi connectivity index (χ0) is 22.4. The van der Waals surface area contributed by atoms with Crippen molar-refractivity contribution in [3.8, 4) is 0 Å². The Morgan fingerprint density at radius 2 is 1.84 bits per heavy atom. The summed E-state index contributed by atoms with van der Waals surface area (Å²) in [5.41, 5.74) is 5.81. The van der Waals surface area contributed by atoms with Gasteiger partial charge in [0.05, 0.1) is 6.10 Å². The summed E-state index contributed by atoms with van der Waals surface area (Å²) in [6.45, 7) is 14.7. The Balaban J connectivity index is 1.51. The maximum absolute atomic E-state index is 10.2. The van der Waals surface area contributed by atoms with Gasteiger partial charge >= 0.3 is 0 Å². The molecule has 0 radical (unpaired) electrons. The van der Waals surface area contributed by atoms with E-state index < -0.39 is 0 Å². The van der Waals surface area contributed by atoms with Crippen LogP contribution in [0, 0.1) is 40.4 Å². The van der Waals surface area contributed by atoms with Crippen LogP contribution < -0.4 is 0 Å². The second-order valence-corrected chi connectivity index (χ2v) is 12.4. The predicted molar refractivity (Wildman–Crippen MR) is 133 cm³/mol. The highest BCUT2D eigenvalue weighted by atomic mass is 16.3. The normalized spacial score (nSPS) is 41.2. The summed E-state index contributed by atoms with van der Waals surface area (Å²) in [7, 11) is 0. The number of aliphatic hydroxyl groups excluding tert-OH is 1. The fraction of sp³-hybridized carbons (Fsp3) is 0.800. The fourth-order valence-electron chi connectivity index (χ4n) is 8.44. The van der Waals surface area contributed by atoms with Crippen molar-refractivity contribution >= 4 is 0 Å². The Morgan fingerprint density at radius 3 is 2.55 bits per heavy atom. The van der Waals surface area contributed by atoms with Crippen LogP contribution >= 0.6 is 0 Å². The van der Waals surface area contributed by atoms with Crippen molar-refractivity contribution in [3.63, 3.8) is 0 Å². The lowest BCUT2D eigenvalue weighted by Gasteiger charge is -2.55. The molecule has 0 aliphatic heterocycles. The van der Waals surface area contributed by atoms with E-state index in [1.807, 2.05) is 0 Å².